The van der Waals surface area contributed by atoms with Crippen LogP contribution >= 0.6 is 11.6 Å². The number of aromatic nitrogens is 4. The zero-order valence-corrected chi connectivity index (χ0v) is 19.4. The van der Waals surface area contributed by atoms with Crippen LogP contribution in [0.2, 0.25) is 5.02 Å². The average Bonchev–Trinajstić information content (AvgIpc) is 3.42. The van der Waals surface area contributed by atoms with Gasteiger partial charge in [0.05, 0.1) is 23.3 Å². The molecule has 2 heterocycles. The van der Waals surface area contributed by atoms with E-state index in [1.165, 1.54) is 36.4 Å². The summed E-state index contributed by atoms with van der Waals surface area (Å²) in [7, 11) is -2.48. The third kappa shape index (κ3) is 4.64. The van der Waals surface area contributed by atoms with Gasteiger partial charge in [0.1, 0.15) is 10.7 Å². The van der Waals surface area contributed by atoms with Crippen LogP contribution in [-0.2, 0) is 20.8 Å². The number of carbonyl (C=O) groups is 1. The van der Waals surface area contributed by atoms with Crippen LogP contribution in [0, 0.1) is 0 Å². The summed E-state index contributed by atoms with van der Waals surface area (Å²) >= 11 is 6.33. The molecule has 14 heteroatoms. The zero-order valence-electron chi connectivity index (χ0n) is 17.9. The van der Waals surface area contributed by atoms with Gasteiger partial charge in [-0.25, -0.2) is 17.9 Å². The molecule has 0 radical (unpaired) electrons. The van der Waals surface area contributed by atoms with Gasteiger partial charge < -0.3 is 9.26 Å². The molecule has 0 aliphatic rings. The van der Waals surface area contributed by atoms with Gasteiger partial charge in [0, 0.05) is 11.8 Å². The van der Waals surface area contributed by atoms with Crippen LogP contribution in [0.3, 0.4) is 0 Å². The van der Waals surface area contributed by atoms with Gasteiger partial charge in [-0.3, -0.25) is 0 Å². The Morgan fingerprint density at radius 2 is 1.86 bits per heavy atom. The summed E-state index contributed by atoms with van der Waals surface area (Å²) in [6.45, 7) is 0. The molecule has 2 aromatic heterocycles. The molecule has 182 valence electrons. The van der Waals surface area contributed by atoms with Crippen LogP contribution in [-0.4, -0.2) is 47.7 Å². The Hall–Kier alpha value is -3.71. The molecule has 0 unspecified atom stereocenters. The van der Waals surface area contributed by atoms with Gasteiger partial charge in [-0.1, -0.05) is 35.0 Å². The Labute approximate surface area is 201 Å². The first-order valence-corrected chi connectivity index (χ1v) is 11.9. The number of alkyl halides is 3. The quantitative estimate of drug-likeness (QED) is 0.350. The zero-order chi connectivity index (χ0) is 25.5. The molecule has 0 spiro atoms. The standard InChI is InChI=1S/C21H14ClF3N4O5S/c1-33-20(30)16-15(22)17(29(27-16)14-9-4-3-8-13(14)21(23,24)25)18-26-19(34-28-18)11-6-5-7-12(10-11)35(2,31)32/h3-10H,1-2H3. The van der Waals surface area contributed by atoms with Crippen molar-refractivity contribution in [3.05, 3.63) is 64.8 Å². The first-order valence-electron chi connectivity index (χ1n) is 9.60. The lowest BCUT2D eigenvalue weighted by atomic mass is 10.1. The Balaban J connectivity index is 1.92. The van der Waals surface area contributed by atoms with Gasteiger partial charge >= 0.3 is 12.1 Å². The van der Waals surface area contributed by atoms with E-state index in [0.29, 0.717) is 0 Å². The lowest BCUT2D eigenvalue weighted by Crippen LogP contribution is -2.13. The summed E-state index contributed by atoms with van der Waals surface area (Å²) < 4.78 is 75.4. The van der Waals surface area contributed by atoms with Gasteiger partial charge in [-0.15, -0.1) is 0 Å². The van der Waals surface area contributed by atoms with Crippen LogP contribution in [0.15, 0.2) is 57.9 Å². The highest BCUT2D eigenvalue weighted by Crippen LogP contribution is 2.38. The number of nitrogens with zero attached hydrogens (tertiary/aromatic N) is 4. The third-order valence-corrected chi connectivity index (χ3v) is 6.26. The van der Waals surface area contributed by atoms with Gasteiger partial charge in [0.2, 0.25) is 5.82 Å². The number of halogens is 4. The minimum absolute atomic E-state index is 0.00935. The number of para-hydroxylation sites is 1. The molecule has 0 saturated heterocycles. The van der Waals surface area contributed by atoms with E-state index in [2.05, 4.69) is 20.0 Å². The topological polar surface area (TPSA) is 117 Å². The van der Waals surface area contributed by atoms with Gasteiger partial charge in [0.15, 0.2) is 15.5 Å². The second-order valence-electron chi connectivity index (χ2n) is 7.15. The number of benzene rings is 2. The van der Waals surface area contributed by atoms with Crippen molar-refractivity contribution in [3.63, 3.8) is 0 Å². The van der Waals surface area contributed by atoms with Crippen molar-refractivity contribution in [2.24, 2.45) is 0 Å². The van der Waals surface area contributed by atoms with Gasteiger partial charge in [-0.05, 0) is 30.3 Å². The molecule has 0 aliphatic carbocycles. The Kier molecular flexibility index (Phi) is 6.15. The molecule has 4 aromatic rings. The Morgan fingerprint density at radius 1 is 1.14 bits per heavy atom. The molecule has 0 saturated carbocycles. The highest BCUT2D eigenvalue weighted by atomic mass is 35.5. The Bertz CT molecular complexity index is 1550. The summed E-state index contributed by atoms with van der Waals surface area (Å²) in [6.07, 6.45) is -3.73. The second-order valence-corrected chi connectivity index (χ2v) is 9.55. The van der Waals surface area contributed by atoms with E-state index in [9.17, 15) is 26.4 Å². The molecule has 35 heavy (non-hydrogen) atoms. The lowest BCUT2D eigenvalue weighted by Gasteiger charge is -2.13. The van der Waals surface area contributed by atoms with Gasteiger partial charge in [-0.2, -0.15) is 23.3 Å². The van der Waals surface area contributed by atoms with Crippen molar-refractivity contribution >= 4 is 27.4 Å². The second kappa shape index (κ2) is 8.82. The van der Waals surface area contributed by atoms with Crippen LogP contribution in [0.4, 0.5) is 13.2 Å². The van der Waals surface area contributed by atoms with Gasteiger partial charge in [0.25, 0.3) is 5.89 Å². The lowest BCUT2D eigenvalue weighted by molar-refractivity contribution is -0.137. The maximum atomic E-state index is 13.7. The van der Waals surface area contributed by atoms with Crippen molar-refractivity contribution in [1.82, 2.24) is 19.9 Å². The normalized spacial score (nSPS) is 12.1. The number of sulfone groups is 1. The summed E-state index contributed by atoms with van der Waals surface area (Å²) in [6, 6.07) is 10.1. The van der Waals surface area contributed by atoms with Crippen molar-refractivity contribution in [3.8, 4) is 28.7 Å². The molecular weight excluding hydrogens is 513 g/mol. The average molecular weight is 527 g/mol. The molecule has 2 aromatic carbocycles. The van der Waals surface area contributed by atoms with E-state index in [1.807, 2.05) is 0 Å². The van der Waals surface area contributed by atoms with Crippen molar-refractivity contribution in [2.75, 3.05) is 13.4 Å². The monoisotopic (exact) mass is 526 g/mol. The van der Waals surface area contributed by atoms with Crippen LogP contribution < -0.4 is 0 Å². The molecule has 0 N–H and O–H groups in total. The number of methoxy groups -OCH3 is 1. The SMILES string of the molecule is COC(=O)c1nn(-c2ccccc2C(F)(F)F)c(-c2noc(-c3cccc(S(C)(=O)=O)c3)n2)c1Cl. The number of hydrogen-bond donors (Lipinski definition) is 0. The van der Waals surface area contributed by atoms with E-state index in [0.717, 1.165) is 30.2 Å². The van der Waals surface area contributed by atoms with Crippen LogP contribution in [0.5, 0.6) is 0 Å². The number of esters is 1. The van der Waals surface area contributed by atoms with E-state index in [1.54, 1.807) is 0 Å². The molecule has 0 bridgehead atoms. The maximum absolute atomic E-state index is 13.7. The van der Waals surface area contributed by atoms with E-state index in [4.69, 9.17) is 16.1 Å². The Morgan fingerprint density at radius 3 is 2.51 bits per heavy atom. The number of ether oxygens (including phenoxy) is 1. The molecule has 0 fully saturated rings. The highest BCUT2D eigenvalue weighted by Gasteiger charge is 2.36. The summed E-state index contributed by atoms with van der Waals surface area (Å²) in [5.74, 6) is -1.43. The van der Waals surface area contributed by atoms with Crippen molar-refractivity contribution < 1.29 is 35.6 Å². The van der Waals surface area contributed by atoms with Crippen LogP contribution in [0.1, 0.15) is 16.1 Å². The molecule has 4 rings (SSSR count). The highest BCUT2D eigenvalue weighted by molar-refractivity contribution is 7.90. The third-order valence-electron chi connectivity index (χ3n) is 4.79. The predicted octanol–water partition coefficient (Wildman–Crippen LogP) is 4.45. The molecule has 9 nitrogen and oxygen atoms in total. The van der Waals surface area contributed by atoms with E-state index < -0.39 is 38.9 Å². The smallest absolute Gasteiger partial charge is 0.418 e. The summed E-state index contributed by atoms with van der Waals surface area (Å²) in [5.41, 5.74) is -2.00. The number of hydrogen-bond acceptors (Lipinski definition) is 8. The van der Waals surface area contributed by atoms with Crippen molar-refractivity contribution in [1.29, 1.82) is 0 Å². The predicted molar refractivity (Wildman–Crippen MR) is 117 cm³/mol. The first kappa shape index (κ1) is 24.4. The fraction of sp³-hybridized carbons (Fsp3) is 0.143. The fourth-order valence-electron chi connectivity index (χ4n) is 3.19. The first-order chi connectivity index (χ1) is 16.4. The fourth-order valence-corrected chi connectivity index (χ4v) is 4.13. The summed E-state index contributed by atoms with van der Waals surface area (Å²) in [5, 5.41) is 7.35. The molecule has 0 amide bonds. The molecular formula is C21H14ClF3N4O5S. The minimum Gasteiger partial charge on any atom is -0.464 e. The van der Waals surface area contributed by atoms with E-state index in [-0.39, 0.29) is 32.9 Å². The number of rotatable bonds is 5. The van der Waals surface area contributed by atoms with E-state index >= 15 is 0 Å². The number of carbonyl (C=O) groups excluding carboxylic acids is 1. The van der Waals surface area contributed by atoms with Crippen molar-refractivity contribution in [2.45, 2.75) is 11.1 Å². The van der Waals surface area contributed by atoms with Crippen LogP contribution in [0.25, 0.3) is 28.7 Å². The minimum atomic E-state index is -4.76. The largest absolute Gasteiger partial charge is 0.464 e. The maximum Gasteiger partial charge on any atom is 0.418 e. The summed E-state index contributed by atoms with van der Waals surface area (Å²) in [4.78, 5) is 16.3. The molecule has 0 atom stereocenters. The molecule has 0 aliphatic heterocycles.